The van der Waals surface area contributed by atoms with E-state index in [9.17, 15) is 17.6 Å². The molecule has 0 saturated carbocycles. The van der Waals surface area contributed by atoms with Crippen LogP contribution in [-0.2, 0) is 10.0 Å². The van der Waals surface area contributed by atoms with Crippen molar-refractivity contribution in [3.8, 4) is 0 Å². The Balaban J connectivity index is 1.72. The van der Waals surface area contributed by atoms with Gasteiger partial charge in [0.25, 0.3) is 10.0 Å². The molecule has 0 bridgehead atoms. The van der Waals surface area contributed by atoms with Gasteiger partial charge in [0.1, 0.15) is 23.6 Å². The molecule has 0 aliphatic carbocycles. The van der Waals surface area contributed by atoms with Crippen molar-refractivity contribution in [2.45, 2.75) is 24.8 Å². The van der Waals surface area contributed by atoms with E-state index in [1.54, 1.807) is 18.3 Å². The summed E-state index contributed by atoms with van der Waals surface area (Å²) in [5.41, 5.74) is 7.30. The van der Waals surface area contributed by atoms with Crippen LogP contribution in [-0.4, -0.2) is 28.7 Å². The SMILES string of the molecule is CC(C)n1cc(C(=O)c2cccc(NS(=O)(=O)c3cccc(F)c3)c2)c2c(N)ncnc21. The fourth-order valence-electron chi connectivity index (χ4n) is 3.40. The van der Waals surface area contributed by atoms with Crippen molar-refractivity contribution in [2.24, 2.45) is 0 Å². The molecule has 0 aliphatic rings. The number of nitrogens with one attached hydrogen (secondary N) is 1. The number of nitrogens with two attached hydrogens (primary N) is 1. The Labute approximate surface area is 184 Å². The predicted molar refractivity (Wildman–Crippen MR) is 119 cm³/mol. The predicted octanol–water partition coefficient (Wildman–Crippen LogP) is 3.77. The van der Waals surface area contributed by atoms with Crippen molar-refractivity contribution in [2.75, 3.05) is 10.5 Å². The zero-order chi connectivity index (χ0) is 23.0. The number of carbonyl (C=O) groups excluding carboxylic acids is 1. The van der Waals surface area contributed by atoms with Gasteiger partial charge in [-0.05, 0) is 44.2 Å². The summed E-state index contributed by atoms with van der Waals surface area (Å²) in [7, 11) is -4.04. The Kier molecular flexibility index (Phi) is 5.39. The van der Waals surface area contributed by atoms with E-state index < -0.39 is 15.8 Å². The normalized spacial score (nSPS) is 11.8. The highest BCUT2D eigenvalue weighted by molar-refractivity contribution is 7.92. The lowest BCUT2D eigenvalue weighted by molar-refractivity contribution is 0.104. The number of ketones is 1. The van der Waals surface area contributed by atoms with Crippen LogP contribution in [0.25, 0.3) is 11.0 Å². The zero-order valence-corrected chi connectivity index (χ0v) is 18.1. The standard InChI is InChI=1S/C22H20FN5O3S/c1-13(2)28-11-18(19-21(24)25-12-26-22(19)28)20(29)14-5-3-7-16(9-14)27-32(30,31)17-8-4-6-15(23)10-17/h3-13,27H,1-2H3,(H2,24,25,26). The molecule has 0 spiro atoms. The van der Waals surface area contributed by atoms with E-state index in [0.717, 1.165) is 12.1 Å². The summed E-state index contributed by atoms with van der Waals surface area (Å²) < 4.78 is 42.9. The molecule has 32 heavy (non-hydrogen) atoms. The molecular weight excluding hydrogens is 433 g/mol. The molecular formula is C22H20FN5O3S. The van der Waals surface area contributed by atoms with Gasteiger partial charge in [0.15, 0.2) is 5.78 Å². The van der Waals surface area contributed by atoms with Crippen LogP contribution >= 0.6 is 0 Å². The number of nitrogens with zero attached hydrogens (tertiary/aromatic N) is 3. The number of fused-ring (bicyclic) bond motifs is 1. The van der Waals surface area contributed by atoms with Crippen LogP contribution in [0.15, 0.2) is 66.0 Å². The Hall–Kier alpha value is -3.79. The monoisotopic (exact) mass is 453 g/mol. The van der Waals surface area contributed by atoms with Gasteiger partial charge in [-0.2, -0.15) is 0 Å². The lowest BCUT2D eigenvalue weighted by atomic mass is 10.0. The lowest BCUT2D eigenvalue weighted by Gasteiger charge is -2.09. The van der Waals surface area contributed by atoms with E-state index in [4.69, 9.17) is 5.73 Å². The summed E-state index contributed by atoms with van der Waals surface area (Å²) in [4.78, 5) is 21.4. The number of sulfonamides is 1. The first-order valence-electron chi connectivity index (χ1n) is 9.71. The molecule has 0 aliphatic heterocycles. The van der Waals surface area contributed by atoms with Gasteiger partial charge in [-0.25, -0.2) is 22.8 Å². The minimum atomic E-state index is -4.04. The van der Waals surface area contributed by atoms with Crippen molar-refractivity contribution >= 4 is 38.3 Å². The second-order valence-corrected chi connectivity index (χ2v) is 9.16. The minimum Gasteiger partial charge on any atom is -0.383 e. The van der Waals surface area contributed by atoms with E-state index in [1.807, 2.05) is 18.4 Å². The largest absolute Gasteiger partial charge is 0.383 e. The average Bonchev–Trinajstić information content (AvgIpc) is 3.14. The van der Waals surface area contributed by atoms with Gasteiger partial charge in [0.05, 0.1) is 15.8 Å². The topological polar surface area (TPSA) is 120 Å². The molecule has 2 aromatic carbocycles. The van der Waals surface area contributed by atoms with Crippen LogP contribution in [0.1, 0.15) is 35.8 Å². The first kappa shape index (κ1) is 21.4. The maximum atomic E-state index is 13.5. The number of halogens is 1. The van der Waals surface area contributed by atoms with E-state index in [0.29, 0.717) is 16.6 Å². The summed E-state index contributed by atoms with van der Waals surface area (Å²) in [6.45, 7) is 3.90. The number of benzene rings is 2. The van der Waals surface area contributed by atoms with E-state index >= 15 is 0 Å². The second kappa shape index (κ2) is 8.04. The van der Waals surface area contributed by atoms with Crippen molar-refractivity contribution < 1.29 is 17.6 Å². The molecule has 0 amide bonds. The summed E-state index contributed by atoms with van der Waals surface area (Å²) >= 11 is 0. The van der Waals surface area contributed by atoms with E-state index in [-0.39, 0.29) is 33.8 Å². The fraction of sp³-hybridized carbons (Fsp3) is 0.136. The van der Waals surface area contributed by atoms with Crippen molar-refractivity contribution in [1.29, 1.82) is 0 Å². The van der Waals surface area contributed by atoms with Gasteiger partial charge in [-0.15, -0.1) is 0 Å². The van der Waals surface area contributed by atoms with Crippen LogP contribution in [0.3, 0.4) is 0 Å². The van der Waals surface area contributed by atoms with Gasteiger partial charge >= 0.3 is 0 Å². The van der Waals surface area contributed by atoms with E-state index in [1.165, 1.54) is 30.6 Å². The first-order valence-corrected chi connectivity index (χ1v) is 11.2. The second-order valence-electron chi connectivity index (χ2n) is 7.47. The summed E-state index contributed by atoms with van der Waals surface area (Å²) in [6.07, 6.45) is 3.01. The van der Waals surface area contributed by atoms with Gasteiger partial charge in [0, 0.05) is 23.5 Å². The smallest absolute Gasteiger partial charge is 0.261 e. The molecule has 164 valence electrons. The number of nitrogen functional groups attached to an aromatic ring is 1. The number of aromatic nitrogens is 3. The van der Waals surface area contributed by atoms with E-state index in [2.05, 4.69) is 14.7 Å². The molecule has 4 aromatic rings. The molecule has 4 rings (SSSR count). The molecule has 2 heterocycles. The highest BCUT2D eigenvalue weighted by Crippen LogP contribution is 2.29. The Bertz CT molecular complexity index is 1450. The fourth-order valence-corrected chi connectivity index (χ4v) is 4.48. The van der Waals surface area contributed by atoms with Gasteiger partial charge < -0.3 is 10.3 Å². The summed E-state index contributed by atoms with van der Waals surface area (Å²) in [6, 6.07) is 10.7. The van der Waals surface area contributed by atoms with Crippen molar-refractivity contribution in [3.05, 3.63) is 78.0 Å². The molecule has 0 saturated heterocycles. The molecule has 0 atom stereocenters. The number of hydrogen-bond donors (Lipinski definition) is 2. The number of hydrogen-bond acceptors (Lipinski definition) is 6. The molecule has 3 N–H and O–H groups in total. The van der Waals surface area contributed by atoms with Gasteiger partial charge in [-0.3, -0.25) is 9.52 Å². The summed E-state index contributed by atoms with van der Waals surface area (Å²) in [5.74, 6) is -0.846. The molecule has 2 aromatic heterocycles. The quantitative estimate of drug-likeness (QED) is 0.429. The maximum absolute atomic E-state index is 13.5. The highest BCUT2D eigenvalue weighted by atomic mass is 32.2. The van der Waals surface area contributed by atoms with Crippen LogP contribution in [0.2, 0.25) is 0 Å². The molecule has 8 nitrogen and oxygen atoms in total. The molecule has 0 unspecified atom stereocenters. The third kappa shape index (κ3) is 3.92. The van der Waals surface area contributed by atoms with Crippen LogP contribution in [0.5, 0.6) is 0 Å². The molecule has 10 heteroatoms. The zero-order valence-electron chi connectivity index (χ0n) is 17.3. The first-order chi connectivity index (χ1) is 15.2. The minimum absolute atomic E-state index is 0.0257. The van der Waals surface area contributed by atoms with Crippen molar-refractivity contribution in [1.82, 2.24) is 14.5 Å². The average molecular weight is 453 g/mol. The molecule has 0 radical (unpaired) electrons. The third-order valence-electron chi connectivity index (χ3n) is 4.92. The summed E-state index contributed by atoms with van der Waals surface area (Å²) in [5, 5.41) is 0.442. The lowest BCUT2D eigenvalue weighted by Crippen LogP contribution is -2.13. The Morgan fingerprint density at radius 3 is 2.59 bits per heavy atom. The molecule has 0 fully saturated rings. The number of carbonyl (C=O) groups is 1. The third-order valence-corrected chi connectivity index (χ3v) is 6.30. The number of rotatable bonds is 6. The van der Waals surface area contributed by atoms with Gasteiger partial charge in [-0.1, -0.05) is 18.2 Å². The Morgan fingerprint density at radius 1 is 1.12 bits per heavy atom. The highest BCUT2D eigenvalue weighted by Gasteiger charge is 2.22. The van der Waals surface area contributed by atoms with Crippen LogP contribution in [0.4, 0.5) is 15.9 Å². The maximum Gasteiger partial charge on any atom is 0.261 e. The van der Waals surface area contributed by atoms with Crippen LogP contribution in [0, 0.1) is 5.82 Å². The van der Waals surface area contributed by atoms with Crippen molar-refractivity contribution in [3.63, 3.8) is 0 Å². The Morgan fingerprint density at radius 2 is 1.88 bits per heavy atom. The van der Waals surface area contributed by atoms with Gasteiger partial charge in [0.2, 0.25) is 0 Å². The van der Waals surface area contributed by atoms with Crippen LogP contribution < -0.4 is 10.5 Å². The number of anilines is 2.